The zero-order valence-corrected chi connectivity index (χ0v) is 14.7. The highest BCUT2D eigenvalue weighted by atomic mass is 32.2. The first-order valence-corrected chi connectivity index (χ1v) is 8.98. The maximum Gasteiger partial charge on any atom is 0.354 e. The number of rotatable bonds is 5. The molecule has 1 aromatic rings. The molecule has 25 heavy (non-hydrogen) atoms. The number of methoxy groups -OCH3 is 2. The molecular weight excluding hydrogens is 350 g/mol. The molecule has 0 saturated heterocycles. The van der Waals surface area contributed by atoms with Crippen molar-refractivity contribution < 1.29 is 32.0 Å². The van der Waals surface area contributed by atoms with E-state index in [-0.39, 0.29) is 16.3 Å². The normalized spacial score (nSPS) is 14.4. The van der Waals surface area contributed by atoms with Crippen LogP contribution in [0.25, 0.3) is 0 Å². The first-order valence-electron chi connectivity index (χ1n) is 7.54. The Balaban J connectivity index is 2.53. The molecule has 0 heterocycles. The van der Waals surface area contributed by atoms with Gasteiger partial charge in [0.25, 0.3) is 10.1 Å². The molecule has 0 atom stereocenters. The standard InChI is InChI=1S/C16H19NO7S/c1-23-15(18)9-13(16(19)24-2)17-12-7-10-5-3-4-6-11(10)8-14(12)25(20,21)22/h7-9,17H,3-6H2,1-2H3,(H,20,21,22)/b13-9+. The average Bonchev–Trinajstić information content (AvgIpc) is 2.58. The molecule has 9 heteroatoms. The highest BCUT2D eigenvalue weighted by Crippen LogP contribution is 2.31. The quantitative estimate of drug-likeness (QED) is 0.455. The van der Waals surface area contributed by atoms with Gasteiger partial charge in [-0.2, -0.15) is 8.42 Å². The van der Waals surface area contributed by atoms with Gasteiger partial charge < -0.3 is 14.8 Å². The van der Waals surface area contributed by atoms with Crippen LogP contribution >= 0.6 is 0 Å². The van der Waals surface area contributed by atoms with Gasteiger partial charge in [-0.3, -0.25) is 4.55 Å². The second kappa shape index (κ2) is 7.66. The number of esters is 2. The van der Waals surface area contributed by atoms with Crippen LogP contribution in [0.15, 0.2) is 28.8 Å². The van der Waals surface area contributed by atoms with Gasteiger partial charge in [-0.05, 0) is 48.9 Å². The van der Waals surface area contributed by atoms with Gasteiger partial charge in [-0.25, -0.2) is 9.59 Å². The summed E-state index contributed by atoms with van der Waals surface area (Å²) in [5.74, 6) is -1.70. The van der Waals surface area contributed by atoms with E-state index < -0.39 is 22.1 Å². The number of fused-ring (bicyclic) bond motifs is 1. The molecule has 8 nitrogen and oxygen atoms in total. The van der Waals surface area contributed by atoms with Crippen LogP contribution in [0.3, 0.4) is 0 Å². The number of ether oxygens (including phenoxy) is 2. The SMILES string of the molecule is COC(=O)/C=C(/Nc1cc2c(cc1S(=O)(=O)O)CCCC2)C(=O)OC. The number of benzene rings is 1. The monoisotopic (exact) mass is 369 g/mol. The minimum atomic E-state index is -4.54. The lowest BCUT2D eigenvalue weighted by Gasteiger charge is -2.20. The molecule has 0 amide bonds. The zero-order valence-electron chi connectivity index (χ0n) is 13.9. The first-order chi connectivity index (χ1) is 11.8. The lowest BCUT2D eigenvalue weighted by molar-refractivity contribution is -0.138. The average molecular weight is 369 g/mol. The van der Waals surface area contributed by atoms with Gasteiger partial charge in [0.2, 0.25) is 0 Å². The van der Waals surface area contributed by atoms with E-state index in [0.717, 1.165) is 50.7 Å². The minimum Gasteiger partial charge on any atom is -0.466 e. The minimum absolute atomic E-state index is 0.0105. The largest absolute Gasteiger partial charge is 0.466 e. The van der Waals surface area contributed by atoms with Crippen molar-refractivity contribution in [1.82, 2.24) is 0 Å². The third kappa shape index (κ3) is 4.58. The van der Waals surface area contributed by atoms with Crippen LogP contribution in [0.5, 0.6) is 0 Å². The van der Waals surface area contributed by atoms with Gasteiger partial charge in [0, 0.05) is 0 Å². The van der Waals surface area contributed by atoms with Crippen molar-refractivity contribution in [2.45, 2.75) is 30.6 Å². The summed E-state index contributed by atoms with van der Waals surface area (Å²) in [4.78, 5) is 22.9. The molecular formula is C16H19NO7S. The molecule has 0 bridgehead atoms. The number of carbonyl (C=O) groups is 2. The molecule has 0 spiro atoms. The second-order valence-electron chi connectivity index (χ2n) is 5.50. The summed E-state index contributed by atoms with van der Waals surface area (Å²) >= 11 is 0. The van der Waals surface area contributed by atoms with E-state index in [1.165, 1.54) is 6.07 Å². The first kappa shape index (κ1) is 18.9. The van der Waals surface area contributed by atoms with Crippen LogP contribution < -0.4 is 5.32 Å². The highest BCUT2D eigenvalue weighted by molar-refractivity contribution is 7.86. The number of nitrogens with one attached hydrogen (secondary N) is 1. The van der Waals surface area contributed by atoms with E-state index in [1.807, 2.05) is 0 Å². The third-order valence-corrected chi connectivity index (χ3v) is 4.75. The molecule has 2 rings (SSSR count). The van der Waals surface area contributed by atoms with E-state index in [0.29, 0.717) is 6.42 Å². The van der Waals surface area contributed by atoms with Crippen LogP contribution in [-0.4, -0.2) is 39.1 Å². The smallest absolute Gasteiger partial charge is 0.354 e. The Morgan fingerprint density at radius 2 is 1.72 bits per heavy atom. The van der Waals surface area contributed by atoms with Gasteiger partial charge >= 0.3 is 11.9 Å². The van der Waals surface area contributed by atoms with Crippen LogP contribution in [0.2, 0.25) is 0 Å². The van der Waals surface area contributed by atoms with Gasteiger partial charge in [0.15, 0.2) is 0 Å². The zero-order chi connectivity index (χ0) is 18.6. The van der Waals surface area contributed by atoms with E-state index in [9.17, 15) is 22.6 Å². The fourth-order valence-electron chi connectivity index (χ4n) is 2.65. The molecule has 0 aliphatic heterocycles. The van der Waals surface area contributed by atoms with Crippen molar-refractivity contribution in [3.63, 3.8) is 0 Å². The molecule has 0 unspecified atom stereocenters. The summed E-state index contributed by atoms with van der Waals surface area (Å²) in [6, 6.07) is 2.95. The summed E-state index contributed by atoms with van der Waals surface area (Å²) in [5, 5.41) is 2.57. The number of carbonyl (C=O) groups excluding carboxylic acids is 2. The van der Waals surface area contributed by atoms with Crippen molar-refractivity contribution in [2.75, 3.05) is 19.5 Å². The molecule has 1 aromatic carbocycles. The summed E-state index contributed by atoms with van der Waals surface area (Å²) in [6.07, 6.45) is 4.20. The van der Waals surface area contributed by atoms with Crippen LogP contribution in [0.4, 0.5) is 5.69 Å². The molecule has 0 fully saturated rings. The van der Waals surface area contributed by atoms with Crippen LogP contribution in [-0.2, 0) is 42.0 Å². The summed E-state index contributed by atoms with van der Waals surface area (Å²) in [7, 11) is -2.29. The van der Waals surface area contributed by atoms with Gasteiger partial charge in [-0.1, -0.05) is 0 Å². The fraction of sp³-hybridized carbons (Fsp3) is 0.375. The number of hydrogen-bond donors (Lipinski definition) is 2. The topological polar surface area (TPSA) is 119 Å². The lowest BCUT2D eigenvalue weighted by Crippen LogP contribution is -2.18. The van der Waals surface area contributed by atoms with Crippen LogP contribution in [0.1, 0.15) is 24.0 Å². The Morgan fingerprint density at radius 1 is 1.12 bits per heavy atom. The molecule has 136 valence electrons. The Hall–Kier alpha value is -2.39. The Labute approximate surface area is 145 Å². The van der Waals surface area contributed by atoms with Gasteiger partial charge in [0.05, 0.1) is 26.0 Å². The number of hydrogen-bond acceptors (Lipinski definition) is 7. The highest BCUT2D eigenvalue weighted by Gasteiger charge is 2.23. The molecule has 0 aromatic heterocycles. The van der Waals surface area contributed by atoms with E-state index in [1.54, 1.807) is 6.07 Å². The fourth-order valence-corrected chi connectivity index (χ4v) is 3.33. The molecule has 0 saturated carbocycles. The summed E-state index contributed by atoms with van der Waals surface area (Å²) < 4.78 is 42.0. The Morgan fingerprint density at radius 3 is 2.24 bits per heavy atom. The Kier molecular flexibility index (Phi) is 5.81. The summed E-state index contributed by atoms with van der Waals surface area (Å²) in [6.45, 7) is 0. The molecule has 2 N–H and O–H groups in total. The van der Waals surface area contributed by atoms with Crippen molar-refractivity contribution >= 4 is 27.7 Å². The van der Waals surface area contributed by atoms with Crippen LogP contribution in [0, 0.1) is 0 Å². The number of aryl methyl sites for hydroxylation is 2. The number of anilines is 1. The maximum atomic E-state index is 11.8. The predicted octanol–water partition coefficient (Wildman–Crippen LogP) is 1.45. The van der Waals surface area contributed by atoms with E-state index in [4.69, 9.17) is 0 Å². The predicted molar refractivity (Wildman–Crippen MR) is 88.6 cm³/mol. The van der Waals surface area contributed by atoms with E-state index >= 15 is 0 Å². The third-order valence-electron chi connectivity index (χ3n) is 3.86. The molecule has 1 aliphatic carbocycles. The van der Waals surface area contributed by atoms with Crippen molar-refractivity contribution in [3.8, 4) is 0 Å². The van der Waals surface area contributed by atoms with Crippen molar-refractivity contribution in [2.24, 2.45) is 0 Å². The summed E-state index contributed by atoms with van der Waals surface area (Å²) in [5.41, 5.74) is 1.43. The van der Waals surface area contributed by atoms with E-state index in [2.05, 4.69) is 14.8 Å². The lowest BCUT2D eigenvalue weighted by atomic mass is 9.91. The second-order valence-corrected chi connectivity index (χ2v) is 6.89. The van der Waals surface area contributed by atoms with Gasteiger partial charge in [0.1, 0.15) is 10.6 Å². The van der Waals surface area contributed by atoms with Crippen molar-refractivity contribution in [3.05, 3.63) is 35.0 Å². The Bertz CT molecular complexity index is 827. The molecule has 0 radical (unpaired) electrons. The molecule has 1 aliphatic rings. The van der Waals surface area contributed by atoms with Gasteiger partial charge in [-0.15, -0.1) is 0 Å². The van der Waals surface area contributed by atoms with Crippen molar-refractivity contribution in [1.29, 1.82) is 0 Å². The maximum absolute atomic E-state index is 11.8.